The van der Waals surface area contributed by atoms with Crippen molar-refractivity contribution in [1.82, 2.24) is 20.2 Å². The van der Waals surface area contributed by atoms with Gasteiger partial charge in [0.2, 0.25) is 5.91 Å². The zero-order chi connectivity index (χ0) is 31.6. The van der Waals surface area contributed by atoms with E-state index in [-0.39, 0.29) is 24.6 Å². The maximum atomic E-state index is 12.6. The van der Waals surface area contributed by atoms with E-state index in [0.717, 1.165) is 11.5 Å². The fourth-order valence-corrected chi connectivity index (χ4v) is 4.38. The number of hydrogen-bond acceptors (Lipinski definition) is 7. The average molecular weight is 591 g/mol. The molecule has 1 aliphatic heterocycles. The van der Waals surface area contributed by atoms with E-state index in [4.69, 9.17) is 9.47 Å². The Bertz CT molecular complexity index is 1510. The summed E-state index contributed by atoms with van der Waals surface area (Å²) in [6.07, 6.45) is 4.33. The van der Waals surface area contributed by atoms with E-state index < -0.39 is 23.5 Å². The Morgan fingerprint density at radius 3 is 2.58 bits per heavy atom. The molecule has 0 spiro atoms. The minimum absolute atomic E-state index is 0.0730. The van der Waals surface area contributed by atoms with Crippen LogP contribution in [0.15, 0.2) is 59.4 Å². The predicted octanol–water partition coefficient (Wildman–Crippen LogP) is 5.18. The van der Waals surface area contributed by atoms with Crippen LogP contribution in [0.25, 0.3) is 28.4 Å². The van der Waals surface area contributed by atoms with E-state index in [1.165, 1.54) is 12.0 Å². The third-order valence-corrected chi connectivity index (χ3v) is 6.49. The number of rotatable bonds is 8. The van der Waals surface area contributed by atoms with Crippen LogP contribution in [0.3, 0.4) is 0 Å². The van der Waals surface area contributed by atoms with Crippen LogP contribution in [0, 0.1) is 11.3 Å². The largest absolute Gasteiger partial charge is 0.467 e. The molecule has 1 unspecified atom stereocenters. The standard InChI is InChI=1S/C29H32N4O6.C4H10/c1-29(2,18-39-28(37)30-17-24(34)33-15-7-12-23(33)27(36)38-3)14-13-19-8-6-9-20(16-19)25-26(35)32-22-11-5-4-10-21(22)31-25;1-4(2)3/h4-6,8-11,13-14,16,23H,7,12,15,17-18H2,1-3H3,(H,30,37)(H,32,35);4H,1-3H3/b14-13+;. The first kappa shape index (κ1) is 33.0. The highest BCUT2D eigenvalue weighted by Gasteiger charge is 2.34. The summed E-state index contributed by atoms with van der Waals surface area (Å²) in [5.74, 6) is 0.0152. The summed E-state index contributed by atoms with van der Waals surface area (Å²) in [5, 5.41) is 2.46. The number of ether oxygens (including phenoxy) is 2. The van der Waals surface area contributed by atoms with Crippen molar-refractivity contribution in [2.45, 2.75) is 53.5 Å². The van der Waals surface area contributed by atoms with Gasteiger partial charge < -0.3 is 24.7 Å². The highest BCUT2D eigenvalue weighted by molar-refractivity contribution is 5.87. The number of nitrogens with one attached hydrogen (secondary N) is 2. The number of esters is 1. The summed E-state index contributed by atoms with van der Waals surface area (Å²) >= 11 is 0. The number of carbonyl (C=O) groups excluding carboxylic acids is 3. The molecular formula is C33H42N4O6. The fourth-order valence-electron chi connectivity index (χ4n) is 4.38. The lowest BCUT2D eigenvalue weighted by molar-refractivity contribution is -0.150. The maximum absolute atomic E-state index is 12.6. The van der Waals surface area contributed by atoms with Gasteiger partial charge in [0.15, 0.2) is 0 Å². The van der Waals surface area contributed by atoms with Crippen molar-refractivity contribution >= 4 is 35.1 Å². The van der Waals surface area contributed by atoms with Gasteiger partial charge in [0.05, 0.1) is 18.1 Å². The molecule has 10 nitrogen and oxygen atoms in total. The lowest BCUT2D eigenvalue weighted by Gasteiger charge is -2.23. The number of H-pyrrole nitrogens is 1. The minimum Gasteiger partial charge on any atom is -0.467 e. The Morgan fingerprint density at radius 2 is 1.86 bits per heavy atom. The Morgan fingerprint density at radius 1 is 1.14 bits per heavy atom. The number of aromatic nitrogens is 2. The molecule has 230 valence electrons. The van der Waals surface area contributed by atoms with Crippen LogP contribution in [-0.2, 0) is 19.1 Å². The summed E-state index contributed by atoms with van der Waals surface area (Å²) in [6, 6.07) is 14.2. The summed E-state index contributed by atoms with van der Waals surface area (Å²) in [4.78, 5) is 58.0. The SMILES string of the molecule is CC(C)C.COC(=O)C1CCCN1C(=O)CNC(=O)OCC(C)(C)/C=C/c1cccc(-c2nc3ccccc3[nH]c2=O)c1. The van der Waals surface area contributed by atoms with Gasteiger partial charge in [0.1, 0.15) is 24.9 Å². The van der Waals surface area contributed by atoms with Crippen molar-refractivity contribution in [2.24, 2.45) is 11.3 Å². The third-order valence-electron chi connectivity index (χ3n) is 6.49. The van der Waals surface area contributed by atoms with Crippen molar-refractivity contribution in [3.63, 3.8) is 0 Å². The van der Waals surface area contributed by atoms with E-state index >= 15 is 0 Å². The number of amides is 2. The normalized spacial score (nSPS) is 14.9. The van der Waals surface area contributed by atoms with E-state index in [9.17, 15) is 19.2 Å². The lowest BCUT2D eigenvalue weighted by Crippen LogP contribution is -2.46. The van der Waals surface area contributed by atoms with Crippen LogP contribution in [0.1, 0.15) is 53.0 Å². The molecule has 1 aliphatic rings. The van der Waals surface area contributed by atoms with E-state index in [2.05, 4.69) is 36.1 Å². The lowest BCUT2D eigenvalue weighted by atomic mass is 9.93. The van der Waals surface area contributed by atoms with Crippen molar-refractivity contribution in [2.75, 3.05) is 26.8 Å². The van der Waals surface area contributed by atoms with Gasteiger partial charge in [-0.3, -0.25) is 9.59 Å². The number of fused-ring (bicyclic) bond motifs is 1. The average Bonchev–Trinajstić information content (AvgIpc) is 3.47. The number of likely N-dealkylation sites (tertiary alicyclic amines) is 1. The van der Waals surface area contributed by atoms with Crippen LogP contribution in [0.2, 0.25) is 0 Å². The number of methoxy groups -OCH3 is 1. The molecule has 2 N–H and O–H groups in total. The summed E-state index contributed by atoms with van der Waals surface area (Å²) in [6.45, 7) is 10.6. The van der Waals surface area contributed by atoms with Gasteiger partial charge in [-0.05, 0) is 42.5 Å². The predicted molar refractivity (Wildman–Crippen MR) is 167 cm³/mol. The Balaban J connectivity index is 0.00000119. The second-order valence-corrected chi connectivity index (χ2v) is 11.8. The highest BCUT2D eigenvalue weighted by Crippen LogP contribution is 2.23. The third kappa shape index (κ3) is 9.80. The number of hydrogen-bond donors (Lipinski definition) is 2. The maximum Gasteiger partial charge on any atom is 0.407 e. The first-order valence-corrected chi connectivity index (χ1v) is 14.5. The molecule has 1 saturated heterocycles. The zero-order valence-electron chi connectivity index (χ0n) is 25.8. The number of carbonyl (C=O) groups is 3. The zero-order valence-corrected chi connectivity index (χ0v) is 25.8. The van der Waals surface area contributed by atoms with Gasteiger partial charge in [0, 0.05) is 17.5 Å². The molecule has 0 saturated carbocycles. The number of para-hydroxylation sites is 2. The highest BCUT2D eigenvalue weighted by atomic mass is 16.5. The molecule has 2 amide bonds. The molecule has 43 heavy (non-hydrogen) atoms. The molecule has 0 bridgehead atoms. The van der Waals surface area contributed by atoms with Crippen LogP contribution in [-0.4, -0.2) is 65.7 Å². The molecule has 2 heterocycles. The van der Waals surface area contributed by atoms with Crippen molar-refractivity contribution < 1.29 is 23.9 Å². The molecule has 3 aromatic rings. The summed E-state index contributed by atoms with van der Waals surface area (Å²) in [7, 11) is 1.29. The Kier molecular flexibility index (Phi) is 11.6. The molecule has 0 radical (unpaired) electrons. The van der Waals surface area contributed by atoms with E-state index in [1.54, 1.807) is 0 Å². The van der Waals surface area contributed by atoms with Crippen LogP contribution >= 0.6 is 0 Å². The van der Waals surface area contributed by atoms with Crippen molar-refractivity contribution in [1.29, 1.82) is 0 Å². The van der Waals surface area contributed by atoms with Gasteiger partial charge in [-0.2, -0.15) is 0 Å². The quantitative estimate of drug-likeness (QED) is 0.346. The summed E-state index contributed by atoms with van der Waals surface area (Å²) in [5.41, 5.74) is 2.49. The molecule has 4 rings (SSSR count). The molecule has 1 fully saturated rings. The van der Waals surface area contributed by atoms with Crippen molar-refractivity contribution in [3.05, 3.63) is 70.5 Å². The number of aromatic amines is 1. The number of nitrogens with zero attached hydrogens (tertiary/aromatic N) is 2. The second-order valence-electron chi connectivity index (χ2n) is 11.8. The van der Waals surface area contributed by atoms with Gasteiger partial charge in [-0.15, -0.1) is 0 Å². The first-order valence-electron chi connectivity index (χ1n) is 14.5. The monoisotopic (exact) mass is 590 g/mol. The van der Waals surface area contributed by atoms with Crippen molar-refractivity contribution in [3.8, 4) is 11.3 Å². The van der Waals surface area contributed by atoms with Gasteiger partial charge >= 0.3 is 12.1 Å². The summed E-state index contributed by atoms with van der Waals surface area (Å²) < 4.78 is 10.1. The Hall–Kier alpha value is -4.47. The molecular weight excluding hydrogens is 548 g/mol. The first-order chi connectivity index (χ1) is 20.4. The smallest absolute Gasteiger partial charge is 0.407 e. The number of benzene rings is 2. The second kappa shape index (κ2) is 15.1. The molecule has 1 atom stereocenters. The topological polar surface area (TPSA) is 131 Å². The van der Waals surface area contributed by atoms with E-state index in [1.807, 2.05) is 74.5 Å². The van der Waals surface area contributed by atoms with E-state index in [0.29, 0.717) is 41.7 Å². The van der Waals surface area contributed by atoms with Gasteiger partial charge in [0.25, 0.3) is 5.56 Å². The number of alkyl carbamates (subject to hydrolysis) is 1. The van der Waals surface area contributed by atoms with Crippen LogP contribution in [0.4, 0.5) is 4.79 Å². The van der Waals surface area contributed by atoms with Gasteiger partial charge in [-0.1, -0.05) is 77.1 Å². The molecule has 10 heteroatoms. The fraction of sp³-hybridized carbons (Fsp3) is 0.424. The Labute approximate surface area is 252 Å². The minimum atomic E-state index is -0.720. The van der Waals surface area contributed by atoms with Crippen LogP contribution in [0.5, 0.6) is 0 Å². The van der Waals surface area contributed by atoms with Gasteiger partial charge in [-0.25, -0.2) is 14.6 Å². The molecule has 2 aromatic carbocycles. The molecule has 1 aromatic heterocycles. The van der Waals surface area contributed by atoms with Crippen LogP contribution < -0.4 is 10.9 Å². The molecule has 0 aliphatic carbocycles.